The highest BCUT2D eigenvalue weighted by Gasteiger charge is 2.32. The normalized spacial score (nSPS) is 11.4. The molecule has 0 bridgehead atoms. The molecule has 0 unspecified atom stereocenters. The summed E-state index contributed by atoms with van der Waals surface area (Å²) in [5.74, 6) is -1.46. The van der Waals surface area contributed by atoms with E-state index in [0.717, 1.165) is 4.88 Å². The van der Waals surface area contributed by atoms with Gasteiger partial charge in [-0.25, -0.2) is 0 Å². The van der Waals surface area contributed by atoms with Gasteiger partial charge in [-0.3, -0.25) is 9.59 Å². The van der Waals surface area contributed by atoms with Crippen molar-refractivity contribution in [1.82, 2.24) is 0 Å². The Morgan fingerprint density at radius 2 is 1.82 bits per heavy atom. The van der Waals surface area contributed by atoms with Gasteiger partial charge in [-0.15, -0.1) is 11.3 Å². The minimum atomic E-state index is -2.08. The van der Waals surface area contributed by atoms with Crippen LogP contribution in [0.4, 0.5) is 5.00 Å². The Balaban J connectivity index is 3.12. The number of hydrogen-bond donors (Lipinski definition) is 2. The van der Waals surface area contributed by atoms with Gasteiger partial charge in [-0.05, 0) is 19.4 Å². The standard InChI is InChI=1S/C9H9Cl3N2O2S/c1-3-4(2)17-7(5(3)6(13)15)14-8(16)9(10,11)12/h1-2H3,(H2,13,15)(H,14,16). The van der Waals surface area contributed by atoms with Crippen LogP contribution in [0.3, 0.4) is 0 Å². The second kappa shape index (κ2) is 5.02. The Kier molecular flexibility index (Phi) is 4.30. The number of amides is 2. The van der Waals surface area contributed by atoms with Gasteiger partial charge in [0.25, 0.3) is 15.6 Å². The lowest BCUT2D eigenvalue weighted by Crippen LogP contribution is -2.27. The van der Waals surface area contributed by atoms with Gasteiger partial charge in [0.15, 0.2) is 0 Å². The van der Waals surface area contributed by atoms with E-state index in [2.05, 4.69) is 5.32 Å². The quantitative estimate of drug-likeness (QED) is 0.824. The minimum Gasteiger partial charge on any atom is -0.365 e. The van der Waals surface area contributed by atoms with Gasteiger partial charge >= 0.3 is 0 Å². The number of halogens is 3. The summed E-state index contributed by atoms with van der Waals surface area (Å²) in [5.41, 5.74) is 6.19. The van der Waals surface area contributed by atoms with Crippen molar-refractivity contribution in [3.63, 3.8) is 0 Å². The maximum Gasteiger partial charge on any atom is 0.277 e. The van der Waals surface area contributed by atoms with Crippen LogP contribution in [-0.4, -0.2) is 15.6 Å². The molecule has 0 saturated heterocycles. The third-order valence-electron chi connectivity index (χ3n) is 2.12. The number of aryl methyl sites for hydroxylation is 1. The molecule has 0 aliphatic rings. The van der Waals surface area contributed by atoms with Crippen molar-refractivity contribution in [1.29, 1.82) is 0 Å². The molecule has 1 aromatic rings. The Hall–Kier alpha value is -0.490. The Morgan fingerprint density at radius 3 is 2.24 bits per heavy atom. The molecule has 1 heterocycles. The van der Waals surface area contributed by atoms with Gasteiger partial charge < -0.3 is 11.1 Å². The van der Waals surface area contributed by atoms with E-state index >= 15 is 0 Å². The van der Waals surface area contributed by atoms with E-state index in [4.69, 9.17) is 40.5 Å². The van der Waals surface area contributed by atoms with E-state index < -0.39 is 15.6 Å². The summed E-state index contributed by atoms with van der Waals surface area (Å²) in [5, 5.41) is 2.67. The summed E-state index contributed by atoms with van der Waals surface area (Å²) in [6.45, 7) is 3.54. The Labute approximate surface area is 117 Å². The van der Waals surface area contributed by atoms with E-state index in [1.807, 2.05) is 0 Å². The fraction of sp³-hybridized carbons (Fsp3) is 0.333. The van der Waals surface area contributed by atoms with Crippen LogP contribution in [0.15, 0.2) is 0 Å². The Morgan fingerprint density at radius 1 is 1.29 bits per heavy atom. The molecule has 17 heavy (non-hydrogen) atoms. The van der Waals surface area contributed by atoms with Crippen LogP contribution in [0.5, 0.6) is 0 Å². The molecular formula is C9H9Cl3N2O2S. The van der Waals surface area contributed by atoms with Crippen LogP contribution in [-0.2, 0) is 4.79 Å². The molecule has 1 aromatic heterocycles. The summed E-state index contributed by atoms with van der Waals surface area (Å²) < 4.78 is -2.08. The lowest BCUT2D eigenvalue weighted by Gasteiger charge is -2.10. The molecule has 8 heteroatoms. The van der Waals surface area contributed by atoms with E-state index in [-0.39, 0.29) is 5.56 Å². The highest BCUT2D eigenvalue weighted by molar-refractivity contribution is 7.17. The average molecular weight is 316 g/mol. The number of alkyl halides is 3. The third-order valence-corrected chi connectivity index (χ3v) is 3.75. The molecule has 4 nitrogen and oxygen atoms in total. The number of rotatable bonds is 2. The summed E-state index contributed by atoms with van der Waals surface area (Å²) >= 11 is 17.5. The van der Waals surface area contributed by atoms with E-state index in [1.165, 1.54) is 11.3 Å². The van der Waals surface area contributed by atoms with Crippen molar-refractivity contribution in [2.75, 3.05) is 5.32 Å². The van der Waals surface area contributed by atoms with E-state index in [0.29, 0.717) is 10.6 Å². The minimum absolute atomic E-state index is 0.245. The molecule has 0 saturated carbocycles. The molecule has 0 aliphatic heterocycles. The molecule has 0 spiro atoms. The number of primary amides is 1. The second-order valence-electron chi connectivity index (χ2n) is 3.30. The second-order valence-corrected chi connectivity index (χ2v) is 6.81. The van der Waals surface area contributed by atoms with Crippen LogP contribution in [0.2, 0.25) is 0 Å². The van der Waals surface area contributed by atoms with Crippen molar-refractivity contribution in [3.05, 3.63) is 16.0 Å². The van der Waals surface area contributed by atoms with E-state index in [1.54, 1.807) is 13.8 Å². The van der Waals surface area contributed by atoms with E-state index in [9.17, 15) is 9.59 Å². The first-order chi connectivity index (χ1) is 7.64. The molecular weight excluding hydrogens is 307 g/mol. The first-order valence-electron chi connectivity index (χ1n) is 4.42. The third kappa shape index (κ3) is 3.25. The molecule has 0 aromatic carbocycles. The van der Waals surface area contributed by atoms with Crippen molar-refractivity contribution in [3.8, 4) is 0 Å². The molecule has 3 N–H and O–H groups in total. The number of hydrogen-bond acceptors (Lipinski definition) is 3. The number of carbonyl (C=O) groups excluding carboxylic acids is 2. The molecule has 0 fully saturated rings. The van der Waals surface area contributed by atoms with Crippen LogP contribution < -0.4 is 11.1 Å². The lowest BCUT2D eigenvalue weighted by molar-refractivity contribution is -0.115. The number of nitrogens with two attached hydrogens (primary N) is 1. The van der Waals surface area contributed by atoms with Crippen molar-refractivity contribution in [2.24, 2.45) is 5.73 Å². The maximum absolute atomic E-state index is 11.5. The summed E-state index contributed by atoms with van der Waals surface area (Å²) in [6.07, 6.45) is 0. The molecule has 1 rings (SSSR count). The summed E-state index contributed by atoms with van der Waals surface area (Å²) in [7, 11) is 0. The summed E-state index contributed by atoms with van der Waals surface area (Å²) in [6, 6.07) is 0. The fourth-order valence-corrected chi connectivity index (χ4v) is 2.39. The predicted octanol–water partition coefficient (Wildman–Crippen LogP) is 2.77. The zero-order valence-electron chi connectivity index (χ0n) is 8.94. The lowest BCUT2D eigenvalue weighted by atomic mass is 10.1. The Bertz CT molecular complexity index is 479. The van der Waals surface area contributed by atoms with Crippen LogP contribution in [0.25, 0.3) is 0 Å². The number of nitrogens with one attached hydrogen (secondary N) is 1. The number of anilines is 1. The monoisotopic (exact) mass is 314 g/mol. The molecule has 94 valence electrons. The van der Waals surface area contributed by atoms with Crippen molar-refractivity contribution < 1.29 is 9.59 Å². The van der Waals surface area contributed by atoms with Gasteiger partial charge in [0, 0.05) is 4.88 Å². The van der Waals surface area contributed by atoms with Gasteiger partial charge in [-0.1, -0.05) is 34.8 Å². The number of thiophene rings is 1. The molecule has 0 radical (unpaired) electrons. The maximum atomic E-state index is 11.5. The van der Waals surface area contributed by atoms with Gasteiger partial charge in [0.1, 0.15) is 5.00 Å². The largest absolute Gasteiger partial charge is 0.365 e. The molecule has 2 amide bonds. The van der Waals surface area contributed by atoms with Crippen LogP contribution >= 0.6 is 46.1 Å². The topological polar surface area (TPSA) is 72.2 Å². The first kappa shape index (κ1) is 14.6. The van der Waals surface area contributed by atoms with Crippen LogP contribution in [0, 0.1) is 13.8 Å². The van der Waals surface area contributed by atoms with Gasteiger partial charge in [0.2, 0.25) is 0 Å². The van der Waals surface area contributed by atoms with Gasteiger partial charge in [0.05, 0.1) is 5.56 Å². The SMILES string of the molecule is Cc1sc(NC(=O)C(Cl)(Cl)Cl)c(C(N)=O)c1C. The van der Waals surface area contributed by atoms with Crippen molar-refractivity contribution in [2.45, 2.75) is 17.6 Å². The number of carbonyl (C=O) groups is 2. The zero-order valence-corrected chi connectivity index (χ0v) is 12.0. The summed E-state index contributed by atoms with van der Waals surface area (Å²) in [4.78, 5) is 23.6. The fourth-order valence-electron chi connectivity index (χ4n) is 1.19. The highest BCUT2D eigenvalue weighted by atomic mass is 35.6. The van der Waals surface area contributed by atoms with Crippen molar-refractivity contribution >= 4 is 63.0 Å². The zero-order chi connectivity index (χ0) is 13.4. The van der Waals surface area contributed by atoms with Crippen LogP contribution in [0.1, 0.15) is 20.8 Å². The predicted molar refractivity (Wildman–Crippen MR) is 71.2 cm³/mol. The molecule has 0 aliphatic carbocycles. The smallest absolute Gasteiger partial charge is 0.277 e. The first-order valence-corrected chi connectivity index (χ1v) is 6.37. The average Bonchev–Trinajstić information content (AvgIpc) is 2.40. The van der Waals surface area contributed by atoms with Gasteiger partial charge in [-0.2, -0.15) is 0 Å². The highest BCUT2D eigenvalue weighted by Crippen LogP contribution is 2.34. The molecule has 0 atom stereocenters.